The van der Waals surface area contributed by atoms with Crippen LogP contribution in [-0.2, 0) is 6.42 Å². The highest BCUT2D eigenvalue weighted by Crippen LogP contribution is 2.24. The summed E-state index contributed by atoms with van der Waals surface area (Å²) in [5.74, 6) is 1.08. The van der Waals surface area contributed by atoms with Crippen LogP contribution in [-0.4, -0.2) is 31.3 Å². The molecule has 4 aromatic rings. The molecular weight excluding hydrogens is 371 g/mol. The SMILES string of the molecule is CCc1nc2ccc(F)cc2n1-c1cnnc(-c2ccc(OC(F)F)cc2)n1. The first kappa shape index (κ1) is 17.9. The Morgan fingerprint density at radius 3 is 2.57 bits per heavy atom. The normalized spacial score (nSPS) is 11.3. The van der Waals surface area contributed by atoms with Gasteiger partial charge < -0.3 is 4.74 Å². The highest BCUT2D eigenvalue weighted by molar-refractivity contribution is 5.78. The monoisotopic (exact) mass is 385 g/mol. The smallest absolute Gasteiger partial charge is 0.387 e. The number of aromatic nitrogens is 5. The largest absolute Gasteiger partial charge is 0.435 e. The first-order chi connectivity index (χ1) is 13.5. The lowest BCUT2D eigenvalue weighted by Crippen LogP contribution is -2.06. The summed E-state index contributed by atoms with van der Waals surface area (Å²) in [6.45, 7) is -0.958. The van der Waals surface area contributed by atoms with Crippen LogP contribution in [0, 0.1) is 5.82 Å². The second-order valence-corrected chi connectivity index (χ2v) is 5.89. The molecule has 0 atom stereocenters. The van der Waals surface area contributed by atoms with Crippen LogP contribution in [0.4, 0.5) is 13.2 Å². The third-order valence-corrected chi connectivity index (χ3v) is 4.12. The van der Waals surface area contributed by atoms with E-state index in [1.54, 1.807) is 22.8 Å². The minimum Gasteiger partial charge on any atom is -0.435 e. The summed E-state index contributed by atoms with van der Waals surface area (Å²) < 4.78 is 44.4. The number of aryl methyl sites for hydroxylation is 1. The Morgan fingerprint density at radius 1 is 1.07 bits per heavy atom. The highest BCUT2D eigenvalue weighted by Gasteiger charge is 2.15. The number of hydrogen-bond donors (Lipinski definition) is 0. The summed E-state index contributed by atoms with van der Waals surface area (Å²) >= 11 is 0. The molecule has 2 aromatic heterocycles. The van der Waals surface area contributed by atoms with Crippen LogP contribution in [0.2, 0.25) is 0 Å². The summed E-state index contributed by atoms with van der Waals surface area (Å²) in [5, 5.41) is 7.99. The van der Waals surface area contributed by atoms with E-state index in [1.807, 2.05) is 6.92 Å². The second kappa shape index (κ2) is 7.26. The molecule has 0 fully saturated rings. The van der Waals surface area contributed by atoms with E-state index < -0.39 is 6.61 Å². The van der Waals surface area contributed by atoms with Gasteiger partial charge in [0.05, 0.1) is 17.2 Å². The van der Waals surface area contributed by atoms with E-state index in [2.05, 4.69) is 24.9 Å². The number of benzene rings is 2. The minimum atomic E-state index is -2.89. The first-order valence-corrected chi connectivity index (χ1v) is 8.47. The average Bonchev–Trinajstić information content (AvgIpc) is 3.06. The van der Waals surface area contributed by atoms with Crippen molar-refractivity contribution in [3.8, 4) is 23.0 Å². The van der Waals surface area contributed by atoms with Gasteiger partial charge >= 0.3 is 6.61 Å². The second-order valence-electron chi connectivity index (χ2n) is 5.89. The fraction of sp³-hybridized carbons (Fsp3) is 0.158. The van der Waals surface area contributed by atoms with Gasteiger partial charge in [-0.25, -0.2) is 14.4 Å². The lowest BCUT2D eigenvalue weighted by molar-refractivity contribution is -0.0498. The van der Waals surface area contributed by atoms with E-state index in [0.717, 1.165) is 0 Å². The maximum Gasteiger partial charge on any atom is 0.387 e. The first-order valence-electron chi connectivity index (χ1n) is 8.47. The Kier molecular flexibility index (Phi) is 4.64. The lowest BCUT2D eigenvalue weighted by atomic mass is 10.2. The van der Waals surface area contributed by atoms with Gasteiger partial charge in [0.25, 0.3) is 0 Å². The van der Waals surface area contributed by atoms with E-state index in [0.29, 0.717) is 40.5 Å². The number of rotatable bonds is 5. The van der Waals surface area contributed by atoms with Crippen molar-refractivity contribution in [3.63, 3.8) is 0 Å². The molecule has 2 aromatic carbocycles. The highest BCUT2D eigenvalue weighted by atomic mass is 19.3. The third-order valence-electron chi connectivity index (χ3n) is 4.12. The van der Waals surface area contributed by atoms with Crippen molar-refractivity contribution in [2.75, 3.05) is 0 Å². The van der Waals surface area contributed by atoms with Crippen molar-refractivity contribution in [2.24, 2.45) is 0 Å². The number of halogens is 3. The third kappa shape index (κ3) is 3.38. The number of imidazole rings is 1. The van der Waals surface area contributed by atoms with Crippen LogP contribution in [0.25, 0.3) is 28.2 Å². The summed E-state index contributed by atoms with van der Waals surface area (Å²) in [6, 6.07) is 10.3. The average molecular weight is 385 g/mol. The molecule has 0 aliphatic rings. The quantitative estimate of drug-likeness (QED) is 0.516. The Labute approximate surface area is 157 Å². The maximum absolute atomic E-state index is 13.8. The molecule has 0 N–H and O–H groups in total. The van der Waals surface area contributed by atoms with E-state index >= 15 is 0 Å². The maximum atomic E-state index is 13.8. The minimum absolute atomic E-state index is 0.0345. The molecule has 6 nitrogen and oxygen atoms in total. The lowest BCUT2D eigenvalue weighted by Gasteiger charge is -2.09. The van der Waals surface area contributed by atoms with Gasteiger partial charge in [-0.2, -0.15) is 13.9 Å². The molecule has 0 unspecified atom stereocenters. The number of fused-ring (bicyclic) bond motifs is 1. The summed E-state index contributed by atoms with van der Waals surface area (Å²) in [7, 11) is 0. The van der Waals surface area contributed by atoms with Gasteiger partial charge in [0.1, 0.15) is 17.4 Å². The van der Waals surface area contributed by atoms with E-state index in [-0.39, 0.29) is 11.6 Å². The molecule has 0 aliphatic heterocycles. The van der Waals surface area contributed by atoms with Crippen molar-refractivity contribution in [2.45, 2.75) is 20.0 Å². The van der Waals surface area contributed by atoms with Crippen LogP contribution >= 0.6 is 0 Å². The Bertz CT molecular complexity index is 1130. The van der Waals surface area contributed by atoms with Gasteiger partial charge in [0.15, 0.2) is 11.6 Å². The fourth-order valence-corrected chi connectivity index (χ4v) is 2.90. The summed E-state index contributed by atoms with van der Waals surface area (Å²) in [4.78, 5) is 9.01. The van der Waals surface area contributed by atoms with E-state index in [9.17, 15) is 13.2 Å². The van der Waals surface area contributed by atoms with E-state index in [1.165, 1.54) is 30.5 Å². The van der Waals surface area contributed by atoms with Gasteiger partial charge in [-0.1, -0.05) is 6.92 Å². The molecule has 4 rings (SSSR count). The molecule has 0 saturated carbocycles. The Balaban J connectivity index is 1.77. The number of hydrogen-bond acceptors (Lipinski definition) is 5. The van der Waals surface area contributed by atoms with Crippen molar-refractivity contribution >= 4 is 11.0 Å². The zero-order valence-electron chi connectivity index (χ0n) is 14.7. The Hall–Kier alpha value is -3.49. The van der Waals surface area contributed by atoms with Gasteiger partial charge in [-0.3, -0.25) is 4.57 Å². The number of nitrogens with zero attached hydrogens (tertiary/aromatic N) is 5. The molecule has 0 radical (unpaired) electrons. The van der Waals surface area contributed by atoms with Crippen molar-refractivity contribution in [1.82, 2.24) is 24.7 Å². The van der Waals surface area contributed by atoms with Gasteiger partial charge in [0, 0.05) is 18.1 Å². The number of ether oxygens (including phenoxy) is 1. The van der Waals surface area contributed by atoms with Crippen LogP contribution in [0.1, 0.15) is 12.7 Å². The summed E-state index contributed by atoms with van der Waals surface area (Å²) in [6.07, 6.45) is 2.07. The molecule has 142 valence electrons. The van der Waals surface area contributed by atoms with Gasteiger partial charge in [0.2, 0.25) is 0 Å². The fourth-order valence-electron chi connectivity index (χ4n) is 2.90. The molecule has 28 heavy (non-hydrogen) atoms. The van der Waals surface area contributed by atoms with Crippen LogP contribution in [0.15, 0.2) is 48.7 Å². The van der Waals surface area contributed by atoms with Crippen LogP contribution < -0.4 is 4.74 Å². The zero-order chi connectivity index (χ0) is 19.7. The molecule has 2 heterocycles. The zero-order valence-corrected chi connectivity index (χ0v) is 14.7. The molecule has 0 bridgehead atoms. The summed E-state index contributed by atoms with van der Waals surface area (Å²) in [5.41, 5.74) is 1.79. The standard InChI is InChI=1S/C19H14F3N5O/c1-2-16-24-14-8-5-12(20)9-15(14)27(16)17-10-23-26-18(25-17)11-3-6-13(7-4-11)28-19(21)22/h3-10,19H,2H2,1H3. The van der Waals surface area contributed by atoms with Crippen molar-refractivity contribution in [3.05, 3.63) is 60.3 Å². The predicted molar refractivity (Wildman–Crippen MR) is 95.9 cm³/mol. The van der Waals surface area contributed by atoms with Gasteiger partial charge in [-0.15, -0.1) is 5.10 Å². The van der Waals surface area contributed by atoms with Crippen molar-refractivity contribution in [1.29, 1.82) is 0 Å². The molecule has 0 saturated heterocycles. The molecule has 9 heteroatoms. The predicted octanol–water partition coefficient (Wildman–Crippen LogP) is 4.18. The Morgan fingerprint density at radius 2 is 1.86 bits per heavy atom. The van der Waals surface area contributed by atoms with Crippen LogP contribution in [0.3, 0.4) is 0 Å². The molecule has 0 aliphatic carbocycles. The van der Waals surface area contributed by atoms with Crippen LogP contribution in [0.5, 0.6) is 5.75 Å². The van der Waals surface area contributed by atoms with Gasteiger partial charge in [-0.05, 0) is 36.4 Å². The van der Waals surface area contributed by atoms with Crippen molar-refractivity contribution < 1.29 is 17.9 Å². The molecular formula is C19H14F3N5O. The molecule has 0 amide bonds. The topological polar surface area (TPSA) is 65.7 Å². The van der Waals surface area contributed by atoms with E-state index in [4.69, 9.17) is 0 Å². The molecule has 0 spiro atoms. The number of alkyl halides is 2.